The number of piperidine rings is 1. The molecule has 0 aromatic heterocycles. The topological polar surface area (TPSA) is 29.5 Å². The number of aryl methyl sites for hydroxylation is 1. The van der Waals surface area contributed by atoms with Gasteiger partial charge in [-0.15, -0.1) is 0 Å². The first-order valence-corrected chi connectivity index (χ1v) is 8.47. The Hall–Kier alpha value is -2.36. The Labute approximate surface area is 141 Å². The fourth-order valence-corrected chi connectivity index (χ4v) is 3.73. The normalized spacial score (nSPS) is 18.8. The summed E-state index contributed by atoms with van der Waals surface area (Å²) in [6.07, 6.45) is 3.66. The van der Waals surface area contributed by atoms with Crippen LogP contribution in [0, 0.1) is 5.82 Å². The van der Waals surface area contributed by atoms with E-state index in [1.54, 1.807) is 12.1 Å². The molecule has 0 radical (unpaired) electrons. The molecule has 124 valence electrons. The highest BCUT2D eigenvalue weighted by molar-refractivity contribution is 5.94. The molecule has 0 saturated carbocycles. The summed E-state index contributed by atoms with van der Waals surface area (Å²) >= 11 is 0. The van der Waals surface area contributed by atoms with E-state index >= 15 is 0 Å². The predicted octanol–water partition coefficient (Wildman–Crippen LogP) is 3.83. The maximum atomic E-state index is 13.3. The monoisotopic (exact) mass is 325 g/mol. The Morgan fingerprint density at radius 3 is 2.62 bits per heavy atom. The zero-order valence-corrected chi connectivity index (χ0v) is 13.5. The molecule has 1 amide bonds. The van der Waals surface area contributed by atoms with Crippen molar-refractivity contribution in [2.45, 2.75) is 31.3 Å². The summed E-state index contributed by atoms with van der Waals surface area (Å²) in [7, 11) is 0. The van der Waals surface area contributed by atoms with Crippen LogP contribution in [0.4, 0.5) is 4.39 Å². The van der Waals surface area contributed by atoms with Gasteiger partial charge in [-0.05, 0) is 42.7 Å². The zero-order valence-electron chi connectivity index (χ0n) is 13.5. The molecule has 0 N–H and O–H groups in total. The molecule has 2 aromatic rings. The van der Waals surface area contributed by atoms with E-state index in [0.29, 0.717) is 18.7 Å². The molecule has 0 aliphatic carbocycles. The SMILES string of the molecule is O=C(c1cccc(F)c1)N1CCC2(CCc3ccccc3O2)CC1. The molecule has 1 saturated heterocycles. The molecule has 2 aliphatic rings. The van der Waals surface area contributed by atoms with Crippen LogP contribution in [0.5, 0.6) is 5.75 Å². The molecule has 3 nitrogen and oxygen atoms in total. The molecular formula is C20H20FNO2. The summed E-state index contributed by atoms with van der Waals surface area (Å²) in [5.41, 5.74) is 1.52. The lowest BCUT2D eigenvalue weighted by Crippen LogP contribution is -2.51. The van der Waals surface area contributed by atoms with Gasteiger partial charge in [0, 0.05) is 31.5 Å². The second-order valence-corrected chi connectivity index (χ2v) is 6.70. The van der Waals surface area contributed by atoms with E-state index in [1.165, 1.54) is 17.7 Å². The van der Waals surface area contributed by atoms with Crippen molar-refractivity contribution in [2.75, 3.05) is 13.1 Å². The van der Waals surface area contributed by atoms with Gasteiger partial charge in [-0.2, -0.15) is 0 Å². The number of amides is 1. The Kier molecular flexibility index (Phi) is 3.75. The standard InChI is InChI=1S/C20H20FNO2/c21-17-6-3-5-16(14-17)19(23)22-12-10-20(11-13-22)9-8-15-4-1-2-7-18(15)24-20/h1-7,14H,8-13H2. The number of nitrogens with zero attached hydrogens (tertiary/aromatic N) is 1. The summed E-state index contributed by atoms with van der Waals surface area (Å²) < 4.78 is 19.6. The molecule has 1 spiro atoms. The van der Waals surface area contributed by atoms with E-state index in [4.69, 9.17) is 4.74 Å². The van der Waals surface area contributed by atoms with Crippen LogP contribution in [0.2, 0.25) is 0 Å². The summed E-state index contributed by atoms with van der Waals surface area (Å²) in [6.45, 7) is 1.30. The van der Waals surface area contributed by atoms with Crippen LogP contribution < -0.4 is 4.74 Å². The van der Waals surface area contributed by atoms with Crippen LogP contribution in [-0.4, -0.2) is 29.5 Å². The van der Waals surface area contributed by atoms with Crippen molar-refractivity contribution in [2.24, 2.45) is 0 Å². The van der Waals surface area contributed by atoms with Crippen molar-refractivity contribution < 1.29 is 13.9 Å². The fourth-order valence-electron chi connectivity index (χ4n) is 3.73. The van der Waals surface area contributed by atoms with Gasteiger partial charge in [-0.1, -0.05) is 24.3 Å². The van der Waals surface area contributed by atoms with Gasteiger partial charge < -0.3 is 9.64 Å². The molecule has 2 aliphatic heterocycles. The van der Waals surface area contributed by atoms with Gasteiger partial charge in [-0.3, -0.25) is 4.79 Å². The highest BCUT2D eigenvalue weighted by Crippen LogP contribution is 2.39. The zero-order chi connectivity index (χ0) is 16.6. The van der Waals surface area contributed by atoms with Crippen LogP contribution in [-0.2, 0) is 6.42 Å². The minimum Gasteiger partial charge on any atom is -0.487 e. The van der Waals surface area contributed by atoms with Crippen LogP contribution in [0.3, 0.4) is 0 Å². The summed E-state index contributed by atoms with van der Waals surface area (Å²) in [5.74, 6) is 0.510. The lowest BCUT2D eigenvalue weighted by Gasteiger charge is -2.44. The van der Waals surface area contributed by atoms with Crippen molar-refractivity contribution in [3.8, 4) is 5.75 Å². The van der Waals surface area contributed by atoms with E-state index < -0.39 is 0 Å². The second-order valence-electron chi connectivity index (χ2n) is 6.70. The number of halogens is 1. The van der Waals surface area contributed by atoms with Gasteiger partial charge in [0.2, 0.25) is 0 Å². The first-order valence-electron chi connectivity index (χ1n) is 8.47. The Morgan fingerprint density at radius 1 is 1.04 bits per heavy atom. The number of likely N-dealkylation sites (tertiary alicyclic amines) is 1. The van der Waals surface area contributed by atoms with E-state index in [-0.39, 0.29) is 17.3 Å². The average Bonchev–Trinajstić information content (AvgIpc) is 2.62. The Morgan fingerprint density at radius 2 is 1.83 bits per heavy atom. The Bertz CT molecular complexity index is 766. The first-order chi connectivity index (χ1) is 11.7. The second kappa shape index (κ2) is 5.93. The third-order valence-corrected chi connectivity index (χ3v) is 5.18. The van der Waals surface area contributed by atoms with E-state index in [0.717, 1.165) is 31.4 Å². The largest absolute Gasteiger partial charge is 0.487 e. The quantitative estimate of drug-likeness (QED) is 0.797. The molecule has 4 heteroatoms. The maximum absolute atomic E-state index is 13.3. The van der Waals surface area contributed by atoms with Crippen molar-refractivity contribution in [3.05, 3.63) is 65.5 Å². The number of carbonyl (C=O) groups is 1. The van der Waals surface area contributed by atoms with E-state index in [1.807, 2.05) is 23.1 Å². The molecule has 24 heavy (non-hydrogen) atoms. The number of carbonyl (C=O) groups excluding carboxylic acids is 1. The van der Waals surface area contributed by atoms with Gasteiger partial charge in [0.15, 0.2) is 0 Å². The van der Waals surface area contributed by atoms with Crippen molar-refractivity contribution in [1.29, 1.82) is 0 Å². The molecular weight excluding hydrogens is 305 g/mol. The van der Waals surface area contributed by atoms with Crippen molar-refractivity contribution in [1.82, 2.24) is 4.90 Å². The lowest BCUT2D eigenvalue weighted by atomic mass is 9.83. The van der Waals surface area contributed by atoms with Crippen LogP contribution in [0.15, 0.2) is 48.5 Å². The third-order valence-electron chi connectivity index (χ3n) is 5.18. The number of fused-ring (bicyclic) bond motifs is 1. The van der Waals surface area contributed by atoms with Crippen molar-refractivity contribution in [3.63, 3.8) is 0 Å². The van der Waals surface area contributed by atoms with Gasteiger partial charge in [0.05, 0.1) is 0 Å². The van der Waals surface area contributed by atoms with E-state index in [2.05, 4.69) is 6.07 Å². The minimum absolute atomic E-state index is 0.0967. The third kappa shape index (κ3) is 2.77. The summed E-state index contributed by atoms with van der Waals surface area (Å²) in [5, 5.41) is 0. The average molecular weight is 325 g/mol. The number of hydrogen-bond donors (Lipinski definition) is 0. The molecule has 1 fully saturated rings. The van der Waals surface area contributed by atoms with Gasteiger partial charge in [0.25, 0.3) is 5.91 Å². The molecule has 0 unspecified atom stereocenters. The maximum Gasteiger partial charge on any atom is 0.253 e. The van der Waals surface area contributed by atoms with Gasteiger partial charge in [0.1, 0.15) is 17.2 Å². The highest BCUT2D eigenvalue weighted by atomic mass is 19.1. The number of hydrogen-bond acceptors (Lipinski definition) is 2. The van der Waals surface area contributed by atoms with Crippen LogP contribution in [0.25, 0.3) is 0 Å². The number of rotatable bonds is 1. The molecule has 0 bridgehead atoms. The summed E-state index contributed by atoms with van der Waals surface area (Å²) in [4.78, 5) is 14.3. The number of para-hydroxylation sites is 1. The molecule has 0 atom stereocenters. The fraction of sp³-hybridized carbons (Fsp3) is 0.350. The van der Waals surface area contributed by atoms with Crippen LogP contribution >= 0.6 is 0 Å². The Balaban J connectivity index is 1.45. The summed E-state index contributed by atoms with van der Waals surface area (Å²) in [6, 6.07) is 14.1. The molecule has 2 heterocycles. The highest BCUT2D eigenvalue weighted by Gasteiger charge is 2.40. The first kappa shape index (κ1) is 15.2. The minimum atomic E-state index is -0.374. The van der Waals surface area contributed by atoms with Gasteiger partial charge in [-0.25, -0.2) is 4.39 Å². The molecule has 2 aromatic carbocycles. The lowest BCUT2D eigenvalue weighted by molar-refractivity contribution is -0.0107. The predicted molar refractivity (Wildman–Crippen MR) is 89.7 cm³/mol. The number of ether oxygens (including phenoxy) is 1. The number of benzene rings is 2. The van der Waals surface area contributed by atoms with E-state index in [9.17, 15) is 9.18 Å². The van der Waals surface area contributed by atoms with Crippen molar-refractivity contribution >= 4 is 5.91 Å². The van der Waals surface area contributed by atoms with Crippen LogP contribution in [0.1, 0.15) is 35.2 Å². The van der Waals surface area contributed by atoms with Gasteiger partial charge >= 0.3 is 0 Å². The molecule has 4 rings (SSSR count). The smallest absolute Gasteiger partial charge is 0.253 e.